The molecule has 1 atom stereocenters. The molecule has 1 rings (SSSR count). The number of methoxy groups -OCH3 is 1. The minimum atomic E-state index is -1.23. The number of nitrogens with one attached hydrogen (secondary N) is 1. The second kappa shape index (κ2) is 7.53. The van der Waals surface area contributed by atoms with Crippen LogP contribution in [-0.4, -0.2) is 36.1 Å². The third kappa shape index (κ3) is 4.80. The van der Waals surface area contributed by atoms with E-state index in [0.717, 1.165) is 0 Å². The van der Waals surface area contributed by atoms with Gasteiger partial charge in [0, 0.05) is 8.95 Å². The van der Waals surface area contributed by atoms with Crippen molar-refractivity contribution in [2.45, 2.75) is 12.5 Å². The van der Waals surface area contributed by atoms with E-state index in [0.29, 0.717) is 8.95 Å². The predicted molar refractivity (Wildman–Crippen MR) is 82.0 cm³/mol. The van der Waals surface area contributed by atoms with Gasteiger partial charge in [-0.2, -0.15) is 0 Å². The average molecular weight is 424 g/mol. The molecular formula is C12H12Br2N2O5. The fourth-order valence-corrected chi connectivity index (χ4v) is 2.79. The first kappa shape index (κ1) is 17.6. The van der Waals surface area contributed by atoms with Crippen LogP contribution in [0.3, 0.4) is 0 Å². The summed E-state index contributed by atoms with van der Waals surface area (Å²) in [6.07, 6.45) is -0.520. The van der Waals surface area contributed by atoms with Gasteiger partial charge in [-0.05, 0) is 28.1 Å². The standard InChI is InChI=1S/C12H12Br2N2O5/c1-21-12(20)6-2-5(13)3-7(14)10(6)16-11(19)8(15)4-9(17)18/h2-3,8H,4,15H2,1H3,(H,16,19)(H,17,18). The fourth-order valence-electron chi connectivity index (χ4n) is 1.47. The molecule has 0 saturated carbocycles. The number of anilines is 1. The van der Waals surface area contributed by atoms with E-state index in [1.165, 1.54) is 13.2 Å². The number of carbonyl (C=O) groups is 3. The highest BCUT2D eigenvalue weighted by Crippen LogP contribution is 2.31. The van der Waals surface area contributed by atoms with Gasteiger partial charge in [-0.15, -0.1) is 0 Å². The van der Waals surface area contributed by atoms with Gasteiger partial charge in [0.2, 0.25) is 5.91 Å². The number of ether oxygens (including phenoxy) is 1. The Labute approximate surface area is 137 Å². The Kier molecular flexibility index (Phi) is 6.31. The zero-order valence-corrected chi connectivity index (χ0v) is 14.0. The van der Waals surface area contributed by atoms with Gasteiger partial charge in [0.1, 0.15) is 0 Å². The van der Waals surface area contributed by atoms with Gasteiger partial charge in [0.25, 0.3) is 0 Å². The number of carboxylic acid groups (broad SMARTS) is 1. The predicted octanol–water partition coefficient (Wildman–Crippen LogP) is 1.74. The number of rotatable bonds is 5. The van der Waals surface area contributed by atoms with E-state index in [1.807, 2.05) is 0 Å². The van der Waals surface area contributed by atoms with E-state index in [1.54, 1.807) is 6.07 Å². The molecule has 0 aromatic heterocycles. The van der Waals surface area contributed by atoms with Gasteiger partial charge in [-0.1, -0.05) is 15.9 Å². The quantitative estimate of drug-likeness (QED) is 0.620. The highest BCUT2D eigenvalue weighted by molar-refractivity contribution is 9.11. The Bertz CT molecular complexity index is 591. The molecule has 0 spiro atoms. The Hall–Kier alpha value is -1.45. The molecule has 0 aliphatic rings. The van der Waals surface area contributed by atoms with Crippen LogP contribution >= 0.6 is 31.9 Å². The van der Waals surface area contributed by atoms with Gasteiger partial charge in [0.05, 0.1) is 30.8 Å². The van der Waals surface area contributed by atoms with Crippen LogP contribution in [0, 0.1) is 0 Å². The maximum atomic E-state index is 11.9. The summed E-state index contributed by atoms with van der Waals surface area (Å²) >= 11 is 6.43. The second-order valence-corrected chi connectivity index (χ2v) is 5.77. The maximum absolute atomic E-state index is 11.9. The summed E-state index contributed by atoms with van der Waals surface area (Å²) in [6.45, 7) is 0. The highest BCUT2D eigenvalue weighted by atomic mass is 79.9. The van der Waals surface area contributed by atoms with E-state index in [-0.39, 0.29) is 11.3 Å². The van der Waals surface area contributed by atoms with Crippen LogP contribution in [0.1, 0.15) is 16.8 Å². The second-order valence-electron chi connectivity index (χ2n) is 4.00. The number of nitrogens with two attached hydrogens (primary N) is 1. The molecule has 0 aliphatic heterocycles. The molecule has 9 heteroatoms. The number of aliphatic carboxylic acids is 1. The molecule has 1 aromatic carbocycles. The Balaban J connectivity index is 3.10. The summed E-state index contributed by atoms with van der Waals surface area (Å²) < 4.78 is 5.66. The van der Waals surface area contributed by atoms with Gasteiger partial charge >= 0.3 is 11.9 Å². The van der Waals surface area contributed by atoms with Crippen LogP contribution in [-0.2, 0) is 14.3 Å². The molecule has 4 N–H and O–H groups in total. The largest absolute Gasteiger partial charge is 0.481 e. The van der Waals surface area contributed by atoms with Gasteiger partial charge in [-0.25, -0.2) is 4.79 Å². The first-order chi connectivity index (χ1) is 9.76. The first-order valence-electron chi connectivity index (χ1n) is 5.61. The van der Waals surface area contributed by atoms with Crippen molar-refractivity contribution in [1.82, 2.24) is 0 Å². The summed E-state index contributed by atoms with van der Waals surface area (Å²) in [5, 5.41) is 11.1. The topological polar surface area (TPSA) is 119 Å². The van der Waals surface area contributed by atoms with Gasteiger partial charge in [-0.3, -0.25) is 9.59 Å². The van der Waals surface area contributed by atoms with E-state index in [2.05, 4.69) is 41.9 Å². The van der Waals surface area contributed by atoms with Crippen LogP contribution in [0.15, 0.2) is 21.1 Å². The zero-order valence-electron chi connectivity index (χ0n) is 10.9. The lowest BCUT2D eigenvalue weighted by Crippen LogP contribution is -2.37. The minimum absolute atomic E-state index is 0.106. The smallest absolute Gasteiger partial charge is 0.340 e. The van der Waals surface area contributed by atoms with Crippen LogP contribution < -0.4 is 11.1 Å². The Morgan fingerprint density at radius 1 is 1.38 bits per heavy atom. The number of hydrogen-bond acceptors (Lipinski definition) is 5. The van der Waals surface area contributed by atoms with Crippen molar-refractivity contribution in [3.8, 4) is 0 Å². The van der Waals surface area contributed by atoms with Gasteiger partial charge < -0.3 is 20.9 Å². The molecule has 0 radical (unpaired) electrons. The van der Waals surface area contributed by atoms with Crippen molar-refractivity contribution in [2.75, 3.05) is 12.4 Å². The van der Waals surface area contributed by atoms with Crippen molar-refractivity contribution in [3.63, 3.8) is 0 Å². The number of hydrogen-bond donors (Lipinski definition) is 3. The molecule has 1 amide bonds. The number of esters is 1. The number of carboxylic acids is 1. The molecule has 0 saturated heterocycles. The molecule has 7 nitrogen and oxygen atoms in total. The molecule has 0 heterocycles. The van der Waals surface area contributed by atoms with E-state index in [4.69, 9.17) is 10.8 Å². The molecule has 0 bridgehead atoms. The van der Waals surface area contributed by atoms with Crippen LogP contribution in [0.4, 0.5) is 5.69 Å². The van der Waals surface area contributed by atoms with Crippen LogP contribution in [0.2, 0.25) is 0 Å². The number of benzene rings is 1. The molecule has 0 aliphatic carbocycles. The molecule has 1 aromatic rings. The SMILES string of the molecule is COC(=O)c1cc(Br)cc(Br)c1NC(=O)C(N)CC(=O)O. The summed E-state index contributed by atoms with van der Waals surface area (Å²) in [5.41, 5.74) is 5.74. The summed E-state index contributed by atoms with van der Waals surface area (Å²) in [4.78, 5) is 34.1. The van der Waals surface area contributed by atoms with Crippen LogP contribution in [0.5, 0.6) is 0 Å². The Morgan fingerprint density at radius 2 is 2.00 bits per heavy atom. The maximum Gasteiger partial charge on any atom is 0.340 e. The number of carbonyl (C=O) groups excluding carboxylic acids is 2. The summed E-state index contributed by atoms with van der Waals surface area (Å²) in [7, 11) is 1.21. The Morgan fingerprint density at radius 3 is 2.52 bits per heavy atom. The molecular weight excluding hydrogens is 412 g/mol. The lowest BCUT2D eigenvalue weighted by atomic mass is 10.1. The number of halogens is 2. The number of amides is 1. The van der Waals surface area contributed by atoms with Crippen molar-refractivity contribution in [1.29, 1.82) is 0 Å². The van der Waals surface area contributed by atoms with Crippen molar-refractivity contribution >= 4 is 55.4 Å². The minimum Gasteiger partial charge on any atom is -0.481 e. The van der Waals surface area contributed by atoms with E-state index < -0.39 is 30.3 Å². The fraction of sp³-hybridized carbons (Fsp3) is 0.250. The molecule has 1 unspecified atom stereocenters. The average Bonchev–Trinajstić information content (AvgIpc) is 2.39. The zero-order chi connectivity index (χ0) is 16.2. The van der Waals surface area contributed by atoms with Crippen molar-refractivity contribution in [3.05, 3.63) is 26.6 Å². The molecule has 21 heavy (non-hydrogen) atoms. The van der Waals surface area contributed by atoms with Gasteiger partial charge in [0.15, 0.2) is 0 Å². The summed E-state index contributed by atoms with van der Waals surface area (Å²) in [5.74, 6) is -2.56. The lowest BCUT2D eigenvalue weighted by molar-refractivity contribution is -0.138. The monoisotopic (exact) mass is 422 g/mol. The third-order valence-electron chi connectivity index (χ3n) is 2.44. The lowest BCUT2D eigenvalue weighted by Gasteiger charge is -2.15. The molecule has 114 valence electrons. The molecule has 0 fully saturated rings. The third-order valence-corrected chi connectivity index (χ3v) is 3.52. The van der Waals surface area contributed by atoms with Crippen LogP contribution in [0.25, 0.3) is 0 Å². The van der Waals surface area contributed by atoms with Crippen molar-refractivity contribution < 1.29 is 24.2 Å². The normalized spacial score (nSPS) is 11.6. The first-order valence-corrected chi connectivity index (χ1v) is 7.20. The van der Waals surface area contributed by atoms with Crippen molar-refractivity contribution in [2.24, 2.45) is 5.73 Å². The highest BCUT2D eigenvalue weighted by Gasteiger charge is 2.22. The van der Waals surface area contributed by atoms with E-state index >= 15 is 0 Å². The summed E-state index contributed by atoms with van der Waals surface area (Å²) in [6, 6.07) is 1.85. The van der Waals surface area contributed by atoms with E-state index in [9.17, 15) is 14.4 Å².